The molecule has 2 heterocycles. The maximum absolute atomic E-state index is 12.0. The number of aliphatic hydroxyl groups excluding tert-OH is 1. The van der Waals surface area contributed by atoms with Crippen molar-refractivity contribution in [3.8, 4) is 11.3 Å². The van der Waals surface area contributed by atoms with Crippen LogP contribution in [0.1, 0.15) is 59.3 Å². The van der Waals surface area contributed by atoms with Crippen molar-refractivity contribution in [1.29, 1.82) is 0 Å². The van der Waals surface area contributed by atoms with Crippen LogP contribution in [0, 0.1) is 5.92 Å². The highest BCUT2D eigenvalue weighted by atomic mass is 32.2. The van der Waals surface area contributed by atoms with Crippen LogP contribution in [0.3, 0.4) is 0 Å². The van der Waals surface area contributed by atoms with Crippen LogP contribution in [0.25, 0.3) is 11.3 Å². The van der Waals surface area contributed by atoms with Gasteiger partial charge in [0.15, 0.2) is 5.16 Å². The van der Waals surface area contributed by atoms with Crippen molar-refractivity contribution < 1.29 is 9.90 Å². The zero-order valence-corrected chi connectivity index (χ0v) is 19.5. The van der Waals surface area contributed by atoms with Crippen LogP contribution in [-0.2, 0) is 11.3 Å². The fourth-order valence-electron chi connectivity index (χ4n) is 3.07. The van der Waals surface area contributed by atoms with E-state index in [0.717, 1.165) is 60.8 Å². The Bertz CT molecular complexity index is 772. The maximum Gasteiger partial charge on any atom is 0.220 e. The van der Waals surface area contributed by atoms with E-state index in [1.54, 1.807) is 24.2 Å². The van der Waals surface area contributed by atoms with E-state index >= 15 is 0 Å². The van der Waals surface area contributed by atoms with Gasteiger partial charge in [0.25, 0.3) is 0 Å². The Morgan fingerprint density at radius 3 is 2.58 bits per heavy atom. The zero-order chi connectivity index (χ0) is 22.6. The number of aliphatic hydroxyl groups is 1. The fourth-order valence-corrected chi connectivity index (χ4v) is 3.71. The number of nitrogens with zero attached hydrogens (tertiary/aromatic N) is 5. The van der Waals surface area contributed by atoms with Crippen LogP contribution < -0.4 is 11.1 Å². The summed E-state index contributed by atoms with van der Waals surface area (Å²) in [6.07, 6.45) is 9.71. The second kappa shape index (κ2) is 13.4. The highest BCUT2D eigenvalue weighted by Gasteiger charge is 2.21. The lowest BCUT2D eigenvalue weighted by atomic mass is 10.0. The summed E-state index contributed by atoms with van der Waals surface area (Å²) in [7, 11) is 0. The van der Waals surface area contributed by atoms with Crippen molar-refractivity contribution in [1.82, 2.24) is 30.3 Å². The zero-order valence-electron chi connectivity index (χ0n) is 18.7. The van der Waals surface area contributed by atoms with E-state index in [1.165, 1.54) is 0 Å². The van der Waals surface area contributed by atoms with Crippen molar-refractivity contribution in [3.05, 3.63) is 18.6 Å². The van der Waals surface area contributed by atoms with Gasteiger partial charge in [0, 0.05) is 36.7 Å². The highest BCUT2D eigenvalue weighted by Crippen LogP contribution is 2.18. The molecule has 2 rings (SSSR count). The number of hydrogen-bond acceptors (Lipinski definition) is 8. The molecule has 0 spiro atoms. The minimum Gasteiger partial charge on any atom is -0.377 e. The second-order valence-corrected chi connectivity index (χ2v) is 9.02. The van der Waals surface area contributed by atoms with Gasteiger partial charge in [-0.15, -0.1) is 5.10 Å². The van der Waals surface area contributed by atoms with Crippen molar-refractivity contribution in [2.45, 2.75) is 83.3 Å². The van der Waals surface area contributed by atoms with Gasteiger partial charge < -0.3 is 16.2 Å². The van der Waals surface area contributed by atoms with Gasteiger partial charge in [-0.1, -0.05) is 50.6 Å². The van der Waals surface area contributed by atoms with Gasteiger partial charge in [-0.25, -0.2) is 9.97 Å². The molecule has 0 aliphatic carbocycles. The summed E-state index contributed by atoms with van der Waals surface area (Å²) in [6.45, 7) is 6.75. The first-order valence-electron chi connectivity index (χ1n) is 11.0. The molecule has 0 bridgehead atoms. The minimum absolute atomic E-state index is 0.0644. The first-order valence-corrected chi connectivity index (χ1v) is 12.0. The topological polar surface area (TPSA) is 132 Å². The van der Waals surface area contributed by atoms with Crippen LogP contribution in [-0.4, -0.2) is 54.0 Å². The quantitative estimate of drug-likeness (QED) is 0.174. The smallest absolute Gasteiger partial charge is 0.220 e. The van der Waals surface area contributed by atoms with Crippen LogP contribution >= 0.6 is 11.8 Å². The molecule has 0 saturated carbocycles. The molecular weight excluding hydrogens is 414 g/mol. The van der Waals surface area contributed by atoms with Gasteiger partial charge in [0.05, 0.1) is 12.2 Å². The number of carbonyl (C=O) groups excluding carboxylic acids is 1. The molecule has 0 saturated heterocycles. The van der Waals surface area contributed by atoms with Gasteiger partial charge in [-0.3, -0.25) is 9.48 Å². The molecule has 0 fully saturated rings. The number of rotatable bonds is 14. The Balaban J connectivity index is 1.65. The number of unbranched alkanes of at least 4 members (excludes halogenated alkanes) is 3. The molecular formula is C21H35N7O2S. The van der Waals surface area contributed by atoms with E-state index in [0.29, 0.717) is 6.42 Å². The van der Waals surface area contributed by atoms with Gasteiger partial charge in [0.2, 0.25) is 5.91 Å². The summed E-state index contributed by atoms with van der Waals surface area (Å²) in [4.78, 5) is 20.8. The molecule has 2 aromatic heterocycles. The third kappa shape index (κ3) is 8.92. The lowest BCUT2D eigenvalue weighted by molar-refractivity contribution is -0.123. The summed E-state index contributed by atoms with van der Waals surface area (Å²) in [5.74, 6) is 1.03. The van der Waals surface area contributed by atoms with E-state index < -0.39 is 12.3 Å². The van der Waals surface area contributed by atoms with Crippen molar-refractivity contribution in [2.24, 2.45) is 11.7 Å². The van der Waals surface area contributed by atoms with Gasteiger partial charge in [0.1, 0.15) is 11.9 Å². The molecule has 1 amide bonds. The largest absolute Gasteiger partial charge is 0.377 e. The average Bonchev–Trinajstić information content (AvgIpc) is 3.21. The van der Waals surface area contributed by atoms with Crippen molar-refractivity contribution in [2.75, 3.05) is 5.75 Å². The van der Waals surface area contributed by atoms with E-state index in [1.807, 2.05) is 24.7 Å². The van der Waals surface area contributed by atoms with Crippen molar-refractivity contribution in [3.63, 3.8) is 0 Å². The van der Waals surface area contributed by atoms with Crippen molar-refractivity contribution >= 4 is 17.7 Å². The standard InChI is InChI=1S/C21H35N7O2S/c1-4-11-31-21-23-12-16(13-24-21)17-14-28(27-26-17)10-8-6-5-7-9-18(29)25-19(15(2)3)20(22)30/h12-15,19-20,30H,4-11,22H2,1-3H3,(H,25,29)/t19-,20?/m0/s1. The number of nitrogens with two attached hydrogens (primary N) is 1. The first kappa shape index (κ1) is 25.2. The van der Waals surface area contributed by atoms with E-state index in [9.17, 15) is 9.90 Å². The predicted octanol–water partition coefficient (Wildman–Crippen LogP) is 2.61. The SMILES string of the molecule is CCCSc1ncc(-c2cn(CCCCCCC(=O)N[C@@H](C(C)C)C(N)O)nn2)cn1. The number of nitrogens with one attached hydrogen (secondary N) is 1. The molecule has 0 aliphatic heterocycles. The third-order valence-electron chi connectivity index (χ3n) is 4.85. The molecule has 0 aromatic carbocycles. The number of aromatic nitrogens is 5. The molecule has 31 heavy (non-hydrogen) atoms. The second-order valence-electron chi connectivity index (χ2n) is 7.96. The Labute approximate surface area is 188 Å². The molecule has 0 aliphatic rings. The minimum atomic E-state index is -1.04. The average molecular weight is 450 g/mol. The molecule has 0 radical (unpaired) electrons. The van der Waals surface area contributed by atoms with Gasteiger partial charge >= 0.3 is 0 Å². The third-order valence-corrected chi connectivity index (χ3v) is 5.93. The number of carbonyl (C=O) groups is 1. The van der Waals surface area contributed by atoms with E-state index in [2.05, 4.69) is 32.5 Å². The van der Waals surface area contributed by atoms with E-state index in [-0.39, 0.29) is 11.8 Å². The lowest BCUT2D eigenvalue weighted by Crippen LogP contribution is -2.50. The van der Waals surface area contributed by atoms with Crippen LogP contribution in [0.15, 0.2) is 23.7 Å². The van der Waals surface area contributed by atoms with E-state index in [4.69, 9.17) is 5.73 Å². The molecule has 1 unspecified atom stereocenters. The summed E-state index contributed by atoms with van der Waals surface area (Å²) in [5.41, 5.74) is 7.15. The first-order chi connectivity index (χ1) is 14.9. The van der Waals surface area contributed by atoms with Crippen LogP contribution in [0.4, 0.5) is 0 Å². The van der Waals surface area contributed by atoms with Gasteiger partial charge in [-0.2, -0.15) is 0 Å². The molecule has 2 atom stereocenters. The summed E-state index contributed by atoms with van der Waals surface area (Å²) >= 11 is 1.65. The molecule has 10 heteroatoms. The molecule has 9 nitrogen and oxygen atoms in total. The number of aryl methyl sites for hydroxylation is 1. The Kier molecular flexibility index (Phi) is 10.9. The Morgan fingerprint density at radius 1 is 1.23 bits per heavy atom. The number of thioether (sulfide) groups is 1. The summed E-state index contributed by atoms with van der Waals surface area (Å²) in [6, 6.07) is -0.411. The monoisotopic (exact) mass is 449 g/mol. The summed E-state index contributed by atoms with van der Waals surface area (Å²) < 4.78 is 1.83. The normalized spacial score (nSPS) is 13.4. The van der Waals surface area contributed by atoms with Crippen LogP contribution in [0.2, 0.25) is 0 Å². The molecule has 2 aromatic rings. The molecule has 4 N–H and O–H groups in total. The fraction of sp³-hybridized carbons (Fsp3) is 0.667. The Hall–Kier alpha value is -2.04. The number of hydrogen-bond donors (Lipinski definition) is 3. The van der Waals surface area contributed by atoms with Crippen LogP contribution in [0.5, 0.6) is 0 Å². The highest BCUT2D eigenvalue weighted by molar-refractivity contribution is 7.99. The lowest BCUT2D eigenvalue weighted by Gasteiger charge is -2.24. The summed E-state index contributed by atoms with van der Waals surface area (Å²) in [5, 5.41) is 21.5. The Morgan fingerprint density at radius 2 is 1.94 bits per heavy atom. The molecule has 172 valence electrons. The maximum atomic E-state index is 12.0. The predicted molar refractivity (Wildman–Crippen MR) is 122 cm³/mol. The van der Waals surface area contributed by atoms with Gasteiger partial charge in [-0.05, 0) is 25.2 Å². The number of amides is 1.